The number of amides is 1. The molecular formula is C20H23F6NO3. The van der Waals surface area contributed by atoms with E-state index in [2.05, 4.69) is 0 Å². The number of alkyl halides is 6. The van der Waals surface area contributed by atoms with Crippen LogP contribution in [0.3, 0.4) is 0 Å². The van der Waals surface area contributed by atoms with E-state index in [1.165, 1.54) is 17.0 Å². The lowest BCUT2D eigenvalue weighted by Crippen LogP contribution is -2.43. The SMILES string of the molecule is O=C1N(c2ccc([C@@H](O)C(F)(F)F)cc2)CC[C@]12CC[C@@](O)(CCC(F)(F)F)CC2. The molecule has 2 aliphatic rings. The molecule has 1 saturated heterocycles. The minimum Gasteiger partial charge on any atom is -0.390 e. The van der Waals surface area contributed by atoms with Gasteiger partial charge in [-0.25, -0.2) is 0 Å². The second-order valence-corrected chi connectivity index (χ2v) is 8.36. The maximum atomic E-state index is 13.0. The topological polar surface area (TPSA) is 60.8 Å². The molecular weight excluding hydrogens is 416 g/mol. The number of hydrogen-bond acceptors (Lipinski definition) is 3. The second-order valence-electron chi connectivity index (χ2n) is 8.36. The molecule has 0 radical (unpaired) electrons. The molecule has 1 aromatic carbocycles. The summed E-state index contributed by atoms with van der Waals surface area (Å²) in [6.07, 6.45) is -12.0. The van der Waals surface area contributed by atoms with Crippen LogP contribution in [0.4, 0.5) is 32.0 Å². The van der Waals surface area contributed by atoms with E-state index in [0.29, 0.717) is 18.7 Å². The molecule has 2 fully saturated rings. The van der Waals surface area contributed by atoms with Crippen LogP contribution >= 0.6 is 0 Å². The van der Waals surface area contributed by atoms with Crippen molar-refractivity contribution >= 4 is 11.6 Å². The Bertz CT molecular complexity index is 766. The van der Waals surface area contributed by atoms with Gasteiger partial charge in [0.05, 0.1) is 11.0 Å². The van der Waals surface area contributed by atoms with E-state index in [-0.39, 0.29) is 37.2 Å². The fourth-order valence-electron chi connectivity index (χ4n) is 4.37. The highest BCUT2D eigenvalue weighted by Gasteiger charge is 2.52. The number of carbonyl (C=O) groups is 1. The van der Waals surface area contributed by atoms with Gasteiger partial charge in [-0.05, 0) is 56.2 Å². The summed E-state index contributed by atoms with van der Waals surface area (Å²) < 4.78 is 75.3. The molecule has 1 aromatic rings. The summed E-state index contributed by atoms with van der Waals surface area (Å²) in [5.74, 6) is -0.232. The number of aliphatic hydroxyl groups is 2. The first-order chi connectivity index (χ1) is 13.7. The van der Waals surface area contributed by atoms with Gasteiger partial charge >= 0.3 is 12.4 Å². The van der Waals surface area contributed by atoms with Crippen LogP contribution < -0.4 is 4.90 Å². The first kappa shape index (κ1) is 22.9. The van der Waals surface area contributed by atoms with Gasteiger partial charge in [-0.15, -0.1) is 0 Å². The maximum absolute atomic E-state index is 13.0. The van der Waals surface area contributed by atoms with Gasteiger partial charge in [-0.2, -0.15) is 26.3 Å². The molecule has 1 aliphatic heterocycles. The Labute approximate surface area is 169 Å². The zero-order chi connectivity index (χ0) is 22.4. The molecule has 1 saturated carbocycles. The number of nitrogens with zero attached hydrogens (tertiary/aromatic N) is 1. The number of anilines is 1. The van der Waals surface area contributed by atoms with Crippen molar-refractivity contribution in [1.29, 1.82) is 0 Å². The van der Waals surface area contributed by atoms with E-state index < -0.39 is 42.3 Å². The lowest BCUT2D eigenvalue weighted by atomic mass is 9.66. The fourth-order valence-corrected chi connectivity index (χ4v) is 4.37. The zero-order valence-corrected chi connectivity index (χ0v) is 16.1. The van der Waals surface area contributed by atoms with Gasteiger partial charge in [0.1, 0.15) is 0 Å². The predicted octanol–water partition coefficient (Wildman–Crippen LogP) is 4.65. The molecule has 3 rings (SSSR count). The van der Waals surface area contributed by atoms with Crippen LogP contribution in [0.15, 0.2) is 24.3 Å². The van der Waals surface area contributed by atoms with Crippen molar-refractivity contribution in [1.82, 2.24) is 0 Å². The smallest absolute Gasteiger partial charge is 0.390 e. The normalized spacial score (nSPS) is 28.9. The predicted molar refractivity (Wildman–Crippen MR) is 95.6 cm³/mol. The number of carbonyl (C=O) groups excluding carboxylic acids is 1. The molecule has 0 bridgehead atoms. The van der Waals surface area contributed by atoms with E-state index >= 15 is 0 Å². The number of halogens is 6. The Balaban J connectivity index is 1.65. The molecule has 1 atom stereocenters. The summed E-state index contributed by atoms with van der Waals surface area (Å²) in [5.41, 5.74) is -2.15. The third kappa shape index (κ3) is 4.74. The zero-order valence-electron chi connectivity index (χ0n) is 16.1. The molecule has 168 valence electrons. The largest absolute Gasteiger partial charge is 0.418 e. The van der Waals surface area contributed by atoms with Crippen molar-refractivity contribution in [2.24, 2.45) is 5.41 Å². The quantitative estimate of drug-likeness (QED) is 0.672. The maximum Gasteiger partial charge on any atom is 0.418 e. The molecule has 0 unspecified atom stereocenters. The van der Waals surface area contributed by atoms with Crippen LogP contribution in [0.5, 0.6) is 0 Å². The van der Waals surface area contributed by atoms with Gasteiger partial charge in [0.2, 0.25) is 5.91 Å². The lowest BCUT2D eigenvalue weighted by molar-refractivity contribution is -0.206. The van der Waals surface area contributed by atoms with Gasteiger partial charge in [-0.1, -0.05) is 12.1 Å². The van der Waals surface area contributed by atoms with Crippen molar-refractivity contribution in [2.75, 3.05) is 11.4 Å². The van der Waals surface area contributed by atoms with Gasteiger partial charge in [0.15, 0.2) is 6.10 Å². The molecule has 2 N–H and O–H groups in total. The molecule has 30 heavy (non-hydrogen) atoms. The summed E-state index contributed by atoms with van der Waals surface area (Å²) in [6.45, 7) is 0.334. The molecule has 1 heterocycles. The van der Waals surface area contributed by atoms with Crippen LogP contribution in [0, 0.1) is 5.41 Å². The third-order valence-corrected chi connectivity index (χ3v) is 6.35. The fraction of sp³-hybridized carbons (Fsp3) is 0.650. The molecule has 4 nitrogen and oxygen atoms in total. The molecule has 1 spiro atoms. The Hall–Kier alpha value is -1.81. The molecule has 10 heteroatoms. The van der Waals surface area contributed by atoms with Crippen LogP contribution in [-0.4, -0.2) is 40.6 Å². The van der Waals surface area contributed by atoms with Crippen molar-refractivity contribution < 1.29 is 41.4 Å². The van der Waals surface area contributed by atoms with Crippen LogP contribution in [0.1, 0.15) is 56.6 Å². The summed E-state index contributed by atoms with van der Waals surface area (Å²) >= 11 is 0. The first-order valence-electron chi connectivity index (χ1n) is 9.71. The Kier molecular flexibility index (Phi) is 5.87. The summed E-state index contributed by atoms with van der Waals surface area (Å²) in [6, 6.07) is 4.90. The summed E-state index contributed by atoms with van der Waals surface area (Å²) in [5, 5.41) is 19.8. The van der Waals surface area contributed by atoms with Crippen LogP contribution in [-0.2, 0) is 4.79 Å². The van der Waals surface area contributed by atoms with E-state index in [0.717, 1.165) is 12.1 Å². The van der Waals surface area contributed by atoms with Gasteiger partial charge in [-0.3, -0.25) is 4.79 Å². The highest BCUT2D eigenvalue weighted by Crippen LogP contribution is 2.50. The van der Waals surface area contributed by atoms with E-state index in [1.54, 1.807) is 0 Å². The number of rotatable bonds is 4. The van der Waals surface area contributed by atoms with Gasteiger partial charge in [0, 0.05) is 18.7 Å². The van der Waals surface area contributed by atoms with Crippen molar-refractivity contribution in [3.05, 3.63) is 29.8 Å². The van der Waals surface area contributed by atoms with Crippen molar-refractivity contribution in [3.63, 3.8) is 0 Å². The Morgan fingerprint density at radius 1 is 0.967 bits per heavy atom. The molecule has 0 aromatic heterocycles. The highest BCUT2D eigenvalue weighted by molar-refractivity contribution is 6.00. The van der Waals surface area contributed by atoms with E-state index in [9.17, 15) is 41.4 Å². The second kappa shape index (κ2) is 7.71. The van der Waals surface area contributed by atoms with Crippen molar-refractivity contribution in [2.45, 2.75) is 69.0 Å². The number of hydrogen-bond donors (Lipinski definition) is 2. The number of aliphatic hydroxyl groups excluding tert-OH is 1. The van der Waals surface area contributed by atoms with E-state index in [1.807, 2.05) is 0 Å². The average Bonchev–Trinajstić information content (AvgIpc) is 2.98. The molecule has 1 aliphatic carbocycles. The first-order valence-corrected chi connectivity index (χ1v) is 9.71. The Morgan fingerprint density at radius 2 is 1.53 bits per heavy atom. The van der Waals surface area contributed by atoms with E-state index in [4.69, 9.17) is 0 Å². The van der Waals surface area contributed by atoms with Crippen LogP contribution in [0.2, 0.25) is 0 Å². The summed E-state index contributed by atoms with van der Waals surface area (Å²) in [4.78, 5) is 14.5. The minimum atomic E-state index is -4.79. The standard InChI is InChI=1S/C20H23F6NO3/c21-19(22,23)10-9-18(30)7-5-17(6-8-18)11-12-27(16(17)29)14-3-1-13(2-4-14)15(28)20(24,25)26/h1-4,15,28,30H,5-12H2/t15-,17-,18+/m1/s1. The third-order valence-electron chi connectivity index (χ3n) is 6.35. The Morgan fingerprint density at radius 3 is 2.03 bits per heavy atom. The van der Waals surface area contributed by atoms with Gasteiger partial charge in [0.25, 0.3) is 0 Å². The molecule has 1 amide bonds. The highest BCUT2D eigenvalue weighted by atomic mass is 19.4. The number of benzene rings is 1. The summed E-state index contributed by atoms with van der Waals surface area (Å²) in [7, 11) is 0. The monoisotopic (exact) mass is 439 g/mol. The minimum absolute atomic E-state index is 0.0966. The average molecular weight is 439 g/mol. The van der Waals surface area contributed by atoms with Gasteiger partial charge < -0.3 is 15.1 Å². The van der Waals surface area contributed by atoms with Crippen LogP contribution in [0.25, 0.3) is 0 Å². The van der Waals surface area contributed by atoms with Crippen molar-refractivity contribution in [3.8, 4) is 0 Å². The lowest BCUT2D eigenvalue weighted by Gasteiger charge is -2.41.